The third-order valence-corrected chi connectivity index (χ3v) is 3.38. The molecule has 0 fully saturated rings. The van der Waals surface area contributed by atoms with Crippen molar-refractivity contribution in [3.05, 3.63) is 54.1 Å². The molecule has 1 amide bonds. The molecule has 25 heavy (non-hydrogen) atoms. The highest BCUT2D eigenvalue weighted by atomic mass is 19.4. The second kappa shape index (κ2) is 7.92. The van der Waals surface area contributed by atoms with Crippen molar-refractivity contribution in [2.45, 2.75) is 32.7 Å². The third kappa shape index (κ3) is 5.70. The van der Waals surface area contributed by atoms with Crippen LogP contribution >= 0.6 is 0 Å². The summed E-state index contributed by atoms with van der Waals surface area (Å²) in [6.45, 7) is 3.58. The molecule has 2 rings (SSSR count). The number of benzene rings is 2. The van der Waals surface area contributed by atoms with Crippen molar-refractivity contribution in [1.29, 1.82) is 0 Å². The summed E-state index contributed by atoms with van der Waals surface area (Å²) in [5, 5.41) is 2.59. The van der Waals surface area contributed by atoms with Crippen molar-refractivity contribution < 1.29 is 27.4 Å². The Kier molecular flexibility index (Phi) is 5.90. The fourth-order valence-electron chi connectivity index (χ4n) is 2.14. The lowest BCUT2D eigenvalue weighted by atomic mass is 10.1. The molecule has 0 aliphatic heterocycles. The Morgan fingerprint density at radius 2 is 1.76 bits per heavy atom. The number of carbonyl (C=O) groups excluding carboxylic acids is 1. The standard InChI is InChI=1S/C18H18F3NO3/c1-3-13-6-4-5-7-16(13)24-12(2)17(23)22-14-8-10-15(11-9-14)25-18(19,20)21/h4-12H,3H2,1-2H3,(H,22,23)/t12-/m1/s1. The minimum Gasteiger partial charge on any atom is -0.481 e. The van der Waals surface area contributed by atoms with Gasteiger partial charge < -0.3 is 14.8 Å². The molecule has 0 unspecified atom stereocenters. The number of alkyl halides is 3. The smallest absolute Gasteiger partial charge is 0.481 e. The zero-order valence-corrected chi connectivity index (χ0v) is 13.8. The van der Waals surface area contributed by atoms with Crippen LogP contribution in [0.2, 0.25) is 0 Å². The van der Waals surface area contributed by atoms with E-state index in [4.69, 9.17) is 4.74 Å². The van der Waals surface area contributed by atoms with Crippen LogP contribution in [0.15, 0.2) is 48.5 Å². The Bertz CT molecular complexity index is 714. The number of carbonyl (C=O) groups is 1. The number of rotatable bonds is 6. The van der Waals surface area contributed by atoms with Crippen molar-refractivity contribution >= 4 is 11.6 Å². The van der Waals surface area contributed by atoms with E-state index in [-0.39, 0.29) is 5.75 Å². The Hall–Kier alpha value is -2.70. The third-order valence-electron chi connectivity index (χ3n) is 3.38. The molecule has 0 aliphatic rings. The van der Waals surface area contributed by atoms with Gasteiger partial charge in [-0.05, 0) is 49.2 Å². The van der Waals surface area contributed by atoms with Gasteiger partial charge in [0.25, 0.3) is 5.91 Å². The minimum absolute atomic E-state index is 0.346. The number of hydrogen-bond acceptors (Lipinski definition) is 3. The highest BCUT2D eigenvalue weighted by molar-refractivity contribution is 5.94. The maximum absolute atomic E-state index is 12.2. The molecule has 0 spiro atoms. The average Bonchev–Trinajstić information content (AvgIpc) is 2.55. The lowest BCUT2D eigenvalue weighted by molar-refractivity contribution is -0.274. The van der Waals surface area contributed by atoms with Crippen LogP contribution < -0.4 is 14.8 Å². The molecule has 0 aliphatic carbocycles. The number of ether oxygens (including phenoxy) is 2. The lowest BCUT2D eigenvalue weighted by Gasteiger charge is -2.17. The molecule has 0 bridgehead atoms. The molecule has 134 valence electrons. The molecule has 1 atom stereocenters. The monoisotopic (exact) mass is 353 g/mol. The number of halogens is 3. The van der Waals surface area contributed by atoms with Gasteiger partial charge in [0.05, 0.1) is 0 Å². The summed E-state index contributed by atoms with van der Waals surface area (Å²) in [4.78, 5) is 12.2. The molecule has 0 aromatic heterocycles. The molecule has 2 aromatic carbocycles. The van der Waals surface area contributed by atoms with Crippen LogP contribution in [0, 0.1) is 0 Å². The zero-order valence-electron chi connectivity index (χ0n) is 13.8. The van der Waals surface area contributed by atoms with Gasteiger partial charge in [0.1, 0.15) is 11.5 Å². The highest BCUT2D eigenvalue weighted by Crippen LogP contribution is 2.24. The van der Waals surface area contributed by atoms with E-state index >= 15 is 0 Å². The predicted molar refractivity (Wildman–Crippen MR) is 87.7 cm³/mol. The second-order valence-corrected chi connectivity index (χ2v) is 5.28. The quantitative estimate of drug-likeness (QED) is 0.829. The second-order valence-electron chi connectivity index (χ2n) is 5.28. The number of amides is 1. The van der Waals surface area contributed by atoms with Crippen molar-refractivity contribution in [2.75, 3.05) is 5.32 Å². The summed E-state index contributed by atoms with van der Waals surface area (Å²) in [5.41, 5.74) is 1.33. The fourth-order valence-corrected chi connectivity index (χ4v) is 2.14. The maximum Gasteiger partial charge on any atom is 0.573 e. The molecule has 0 saturated heterocycles. The number of para-hydroxylation sites is 1. The predicted octanol–water partition coefficient (Wildman–Crippen LogP) is 4.55. The van der Waals surface area contributed by atoms with Gasteiger partial charge in [-0.2, -0.15) is 0 Å². The van der Waals surface area contributed by atoms with E-state index in [1.165, 1.54) is 12.1 Å². The van der Waals surface area contributed by atoms with Crippen LogP contribution in [0.3, 0.4) is 0 Å². The summed E-state index contributed by atoms with van der Waals surface area (Å²) in [6, 6.07) is 12.3. The Morgan fingerprint density at radius 3 is 2.36 bits per heavy atom. The molecule has 7 heteroatoms. The molecule has 2 aromatic rings. The van der Waals surface area contributed by atoms with E-state index in [2.05, 4.69) is 10.1 Å². The Morgan fingerprint density at radius 1 is 1.12 bits per heavy atom. The van der Waals surface area contributed by atoms with Crippen LogP contribution in [-0.2, 0) is 11.2 Å². The number of hydrogen-bond donors (Lipinski definition) is 1. The first-order valence-corrected chi connectivity index (χ1v) is 7.69. The molecular formula is C18H18F3NO3. The molecule has 0 radical (unpaired) electrons. The average molecular weight is 353 g/mol. The van der Waals surface area contributed by atoms with Gasteiger partial charge in [-0.25, -0.2) is 0 Å². The van der Waals surface area contributed by atoms with Crippen LogP contribution in [-0.4, -0.2) is 18.4 Å². The molecule has 4 nitrogen and oxygen atoms in total. The van der Waals surface area contributed by atoms with Crippen molar-refractivity contribution in [3.8, 4) is 11.5 Å². The molecular weight excluding hydrogens is 335 g/mol. The van der Waals surface area contributed by atoms with E-state index in [9.17, 15) is 18.0 Å². The Labute approximate surface area is 143 Å². The summed E-state index contributed by atoms with van der Waals surface area (Å²) in [7, 11) is 0. The Balaban J connectivity index is 1.97. The van der Waals surface area contributed by atoms with E-state index in [0.717, 1.165) is 24.1 Å². The highest BCUT2D eigenvalue weighted by Gasteiger charge is 2.31. The van der Waals surface area contributed by atoms with Gasteiger partial charge in [0, 0.05) is 5.69 Å². The molecule has 1 N–H and O–H groups in total. The number of nitrogens with one attached hydrogen (secondary N) is 1. The van der Waals surface area contributed by atoms with Crippen molar-refractivity contribution in [2.24, 2.45) is 0 Å². The van der Waals surface area contributed by atoms with E-state index < -0.39 is 18.4 Å². The summed E-state index contributed by atoms with van der Waals surface area (Å²) in [6.07, 6.45) is -4.75. The topological polar surface area (TPSA) is 47.6 Å². The van der Waals surface area contributed by atoms with Gasteiger partial charge in [-0.3, -0.25) is 4.79 Å². The first-order valence-electron chi connectivity index (χ1n) is 7.69. The molecule has 0 saturated carbocycles. The largest absolute Gasteiger partial charge is 0.573 e. The zero-order chi connectivity index (χ0) is 18.4. The van der Waals surface area contributed by atoms with Gasteiger partial charge in [0.2, 0.25) is 0 Å². The van der Waals surface area contributed by atoms with E-state index in [1.807, 2.05) is 25.1 Å². The van der Waals surface area contributed by atoms with E-state index in [1.54, 1.807) is 13.0 Å². The summed E-state index contributed by atoms with van der Waals surface area (Å²) < 4.78 is 45.8. The van der Waals surface area contributed by atoms with Crippen molar-refractivity contribution in [3.63, 3.8) is 0 Å². The van der Waals surface area contributed by atoms with E-state index in [0.29, 0.717) is 11.4 Å². The van der Waals surface area contributed by atoms with Crippen LogP contribution in [0.25, 0.3) is 0 Å². The minimum atomic E-state index is -4.75. The molecule has 0 heterocycles. The fraction of sp³-hybridized carbons (Fsp3) is 0.278. The SMILES string of the molecule is CCc1ccccc1O[C@H](C)C(=O)Nc1ccc(OC(F)(F)F)cc1. The number of anilines is 1. The van der Waals surface area contributed by atoms with Gasteiger partial charge in [0.15, 0.2) is 6.10 Å². The van der Waals surface area contributed by atoms with Crippen LogP contribution in [0.1, 0.15) is 19.4 Å². The summed E-state index contributed by atoms with van der Waals surface area (Å²) >= 11 is 0. The van der Waals surface area contributed by atoms with Gasteiger partial charge >= 0.3 is 6.36 Å². The van der Waals surface area contributed by atoms with Gasteiger partial charge in [-0.1, -0.05) is 25.1 Å². The normalized spacial score (nSPS) is 12.4. The first-order chi connectivity index (χ1) is 11.8. The van der Waals surface area contributed by atoms with Crippen LogP contribution in [0.4, 0.5) is 18.9 Å². The first kappa shape index (κ1) is 18.6. The van der Waals surface area contributed by atoms with Crippen molar-refractivity contribution in [1.82, 2.24) is 0 Å². The lowest BCUT2D eigenvalue weighted by Crippen LogP contribution is -2.30. The van der Waals surface area contributed by atoms with Gasteiger partial charge in [-0.15, -0.1) is 13.2 Å². The summed E-state index contributed by atoms with van der Waals surface area (Å²) in [5.74, 6) is -0.136. The van der Waals surface area contributed by atoms with Crippen LogP contribution in [0.5, 0.6) is 11.5 Å². The maximum atomic E-state index is 12.2. The number of aryl methyl sites for hydroxylation is 1.